The number of aliphatic hydroxyl groups is 2. The lowest BCUT2D eigenvalue weighted by Gasteiger charge is -2.28. The Labute approximate surface area is 306 Å². The van der Waals surface area contributed by atoms with Crippen molar-refractivity contribution in [2.75, 3.05) is 26.4 Å². The van der Waals surface area contributed by atoms with Crippen LogP contribution in [0.4, 0.5) is 0 Å². The molecule has 0 saturated heterocycles. The van der Waals surface area contributed by atoms with Crippen molar-refractivity contribution >= 4 is 5.97 Å². The summed E-state index contributed by atoms with van der Waals surface area (Å²) < 4.78 is 11.7. The van der Waals surface area contributed by atoms with Gasteiger partial charge in [-0.2, -0.15) is 0 Å². The van der Waals surface area contributed by atoms with Crippen LogP contribution in [-0.2, 0) is 35.2 Å². The van der Waals surface area contributed by atoms with E-state index in [4.69, 9.17) is 9.47 Å². The van der Waals surface area contributed by atoms with Gasteiger partial charge in [-0.05, 0) is 113 Å². The molecule has 272 valence electrons. The third kappa shape index (κ3) is 10.4. The molecule has 4 rings (SSSR count). The van der Waals surface area contributed by atoms with Crippen molar-refractivity contribution < 1.29 is 24.5 Å². The number of carbonyl (C=O) groups excluding carboxylic acids is 1. The average molecular weight is 691 g/mol. The molecular formula is C46H58O5. The molecule has 4 aromatic carbocycles. The minimum absolute atomic E-state index is 0.0985. The topological polar surface area (TPSA) is 76.0 Å². The summed E-state index contributed by atoms with van der Waals surface area (Å²) in [4.78, 5) is 12.1. The quantitative estimate of drug-likeness (QED) is 0.0548. The molecule has 0 radical (unpaired) electrons. The Morgan fingerprint density at radius 2 is 1.25 bits per heavy atom. The lowest BCUT2D eigenvalue weighted by molar-refractivity contribution is -0.138. The Morgan fingerprint density at radius 1 is 0.686 bits per heavy atom. The highest BCUT2D eigenvalue weighted by Crippen LogP contribution is 2.35. The van der Waals surface area contributed by atoms with Gasteiger partial charge in [-0.25, -0.2) is 4.79 Å². The van der Waals surface area contributed by atoms with Gasteiger partial charge in [0.15, 0.2) is 0 Å². The second-order valence-corrected chi connectivity index (χ2v) is 13.9. The molecule has 2 N–H and O–H groups in total. The molecule has 0 heterocycles. The Morgan fingerprint density at radius 3 is 1.80 bits per heavy atom. The molecule has 0 atom stereocenters. The van der Waals surface area contributed by atoms with Gasteiger partial charge in [0.1, 0.15) is 5.75 Å². The summed E-state index contributed by atoms with van der Waals surface area (Å²) in [7, 11) is 0. The number of ether oxygens (including phenoxy) is 2. The van der Waals surface area contributed by atoms with Crippen molar-refractivity contribution in [3.05, 3.63) is 113 Å². The molecule has 0 unspecified atom stereocenters. The standard InChI is InChI=1S/C46H58O5/c1-7-11-12-13-34-14-16-37(17-15-34)42-21-18-38(28-35(42)8-2)39-19-22-43(36(9-3)29-39)40-20-23-44(50-27-25-46(10-4,31-47)32-48)41(30-40)24-26-51-45(49)33(5)6/h14-23,28-30,47-48H,5,7-13,24-27,31-32H2,1-4,6H3. The minimum atomic E-state index is -0.577. The van der Waals surface area contributed by atoms with Crippen molar-refractivity contribution in [1.29, 1.82) is 0 Å². The van der Waals surface area contributed by atoms with Crippen molar-refractivity contribution in [3.63, 3.8) is 0 Å². The minimum Gasteiger partial charge on any atom is -0.493 e. The lowest BCUT2D eigenvalue weighted by Crippen LogP contribution is -2.31. The Bertz CT molecular complexity index is 1720. The number of unbranched alkanes of at least 4 members (excludes halogenated alkanes) is 2. The van der Waals surface area contributed by atoms with Crippen molar-refractivity contribution in [2.24, 2.45) is 5.41 Å². The fourth-order valence-corrected chi connectivity index (χ4v) is 6.57. The van der Waals surface area contributed by atoms with Crippen LogP contribution in [0.3, 0.4) is 0 Å². The van der Waals surface area contributed by atoms with Gasteiger partial charge in [-0.15, -0.1) is 0 Å². The zero-order valence-electron chi connectivity index (χ0n) is 31.5. The van der Waals surface area contributed by atoms with Gasteiger partial charge < -0.3 is 19.7 Å². The largest absolute Gasteiger partial charge is 0.493 e. The van der Waals surface area contributed by atoms with Gasteiger partial charge in [0.05, 0.1) is 26.4 Å². The predicted octanol–water partition coefficient (Wildman–Crippen LogP) is 10.4. The zero-order chi connectivity index (χ0) is 36.8. The van der Waals surface area contributed by atoms with Crippen LogP contribution in [0.5, 0.6) is 5.75 Å². The van der Waals surface area contributed by atoms with E-state index in [0.717, 1.165) is 36.0 Å². The van der Waals surface area contributed by atoms with Gasteiger partial charge in [0.25, 0.3) is 0 Å². The monoisotopic (exact) mass is 690 g/mol. The van der Waals surface area contributed by atoms with E-state index in [1.807, 2.05) is 13.0 Å². The first-order valence-electron chi connectivity index (χ1n) is 18.9. The average Bonchev–Trinajstić information content (AvgIpc) is 3.17. The number of hydrogen-bond acceptors (Lipinski definition) is 5. The smallest absolute Gasteiger partial charge is 0.333 e. The Kier molecular flexibility index (Phi) is 15.1. The molecule has 0 aromatic heterocycles. The van der Waals surface area contributed by atoms with Crippen LogP contribution >= 0.6 is 0 Å². The van der Waals surface area contributed by atoms with E-state index in [1.165, 1.54) is 58.2 Å². The van der Waals surface area contributed by atoms with Gasteiger partial charge in [0.2, 0.25) is 0 Å². The SMILES string of the molecule is C=C(C)C(=O)OCCc1cc(-c2ccc(-c3ccc(-c4ccc(CCCCC)cc4)c(CC)c3)cc2CC)ccc1OCCC(CC)(CO)CO. The van der Waals surface area contributed by atoms with Crippen LogP contribution in [0.25, 0.3) is 33.4 Å². The van der Waals surface area contributed by atoms with Crippen LogP contribution in [0.15, 0.2) is 91.0 Å². The predicted molar refractivity (Wildman–Crippen MR) is 211 cm³/mol. The lowest BCUT2D eigenvalue weighted by atomic mass is 9.84. The zero-order valence-corrected chi connectivity index (χ0v) is 31.5. The number of rotatable bonds is 20. The van der Waals surface area contributed by atoms with Crippen molar-refractivity contribution in [1.82, 2.24) is 0 Å². The third-order valence-electron chi connectivity index (χ3n) is 10.3. The number of carbonyl (C=O) groups is 1. The number of esters is 1. The van der Waals surface area contributed by atoms with Crippen LogP contribution in [0.2, 0.25) is 0 Å². The molecule has 0 aliphatic rings. The summed E-state index contributed by atoms with van der Waals surface area (Å²) in [6.07, 6.45) is 8.39. The Balaban J connectivity index is 1.60. The van der Waals surface area contributed by atoms with Crippen molar-refractivity contribution in [3.8, 4) is 39.1 Å². The molecule has 0 spiro atoms. The Hall–Kier alpha value is -4.19. The summed E-state index contributed by atoms with van der Waals surface area (Å²) in [6.45, 7) is 14.3. The maximum Gasteiger partial charge on any atom is 0.333 e. The van der Waals surface area contributed by atoms with E-state index in [-0.39, 0.29) is 19.8 Å². The van der Waals surface area contributed by atoms with Gasteiger partial charge in [-0.1, -0.05) is 114 Å². The summed E-state index contributed by atoms with van der Waals surface area (Å²) in [5.41, 5.74) is 11.9. The molecule has 0 saturated carbocycles. The second-order valence-electron chi connectivity index (χ2n) is 13.9. The van der Waals surface area contributed by atoms with E-state index in [0.29, 0.717) is 37.2 Å². The molecular weight excluding hydrogens is 633 g/mol. The normalized spacial score (nSPS) is 11.4. The van der Waals surface area contributed by atoms with Gasteiger partial charge in [0, 0.05) is 17.4 Å². The first-order chi connectivity index (χ1) is 24.7. The van der Waals surface area contributed by atoms with E-state index < -0.39 is 11.4 Å². The molecule has 4 aromatic rings. The van der Waals surface area contributed by atoms with Crippen molar-refractivity contribution in [2.45, 2.75) is 92.4 Å². The molecule has 51 heavy (non-hydrogen) atoms. The second kappa shape index (κ2) is 19.4. The van der Waals surface area contributed by atoms with E-state index in [1.54, 1.807) is 6.92 Å². The van der Waals surface area contributed by atoms with Crippen LogP contribution in [-0.4, -0.2) is 42.6 Å². The van der Waals surface area contributed by atoms with E-state index in [9.17, 15) is 15.0 Å². The van der Waals surface area contributed by atoms with E-state index in [2.05, 4.69) is 100 Å². The van der Waals surface area contributed by atoms with Crippen LogP contribution < -0.4 is 4.74 Å². The summed E-state index contributed by atoms with van der Waals surface area (Å²) in [5.74, 6) is 0.296. The first-order valence-corrected chi connectivity index (χ1v) is 18.9. The van der Waals surface area contributed by atoms with Gasteiger partial charge in [-0.3, -0.25) is 0 Å². The summed E-state index contributed by atoms with van der Waals surface area (Å²) in [6, 6.07) is 28.9. The molecule has 0 fully saturated rings. The van der Waals surface area contributed by atoms with E-state index >= 15 is 0 Å². The third-order valence-corrected chi connectivity index (χ3v) is 10.3. The summed E-state index contributed by atoms with van der Waals surface area (Å²) in [5, 5.41) is 19.8. The summed E-state index contributed by atoms with van der Waals surface area (Å²) >= 11 is 0. The van der Waals surface area contributed by atoms with Crippen LogP contribution in [0, 0.1) is 5.41 Å². The number of aliphatic hydroxyl groups excluding tert-OH is 2. The molecule has 0 aliphatic carbocycles. The maximum atomic E-state index is 12.1. The fourth-order valence-electron chi connectivity index (χ4n) is 6.57. The molecule has 0 aliphatic heterocycles. The molecule has 5 heteroatoms. The highest BCUT2D eigenvalue weighted by Gasteiger charge is 2.26. The van der Waals surface area contributed by atoms with Gasteiger partial charge >= 0.3 is 5.97 Å². The highest BCUT2D eigenvalue weighted by molar-refractivity contribution is 5.87. The number of benzene rings is 4. The fraction of sp³-hybridized carbons (Fsp3) is 0.413. The molecule has 5 nitrogen and oxygen atoms in total. The number of aryl methyl sites for hydroxylation is 3. The highest BCUT2D eigenvalue weighted by atomic mass is 16.5. The van der Waals surface area contributed by atoms with Crippen LogP contribution in [0.1, 0.15) is 89.0 Å². The maximum absolute atomic E-state index is 12.1. The molecule has 0 bridgehead atoms. The number of hydrogen-bond donors (Lipinski definition) is 2. The first kappa shape index (κ1) is 39.6. The molecule has 0 amide bonds.